The van der Waals surface area contributed by atoms with Crippen LogP contribution in [0.5, 0.6) is 0 Å². The molecule has 0 spiro atoms. The molecule has 6 heteroatoms. The summed E-state index contributed by atoms with van der Waals surface area (Å²) >= 11 is 1.49. The third-order valence-corrected chi connectivity index (χ3v) is 3.91. The second-order valence-corrected chi connectivity index (χ2v) is 5.16. The van der Waals surface area contributed by atoms with E-state index >= 15 is 0 Å². The molecule has 0 bridgehead atoms. The molecule has 2 rings (SSSR count). The standard InChI is InChI=1S/C11H18N4OS/c1-9-7-12-3-5-15(9)8-10(16)14(2)11-13-4-6-17-11/h4,6,9,12H,3,5,7-8H2,1-2H3/t9-/m0/s1. The molecular formula is C11H18N4OS. The largest absolute Gasteiger partial charge is 0.314 e. The Morgan fingerprint density at radius 2 is 2.59 bits per heavy atom. The number of hydrogen-bond donors (Lipinski definition) is 1. The molecule has 1 fully saturated rings. The van der Waals surface area contributed by atoms with Crippen molar-refractivity contribution in [3.05, 3.63) is 11.6 Å². The molecule has 1 saturated heterocycles. The average Bonchev–Trinajstić information content (AvgIpc) is 2.84. The summed E-state index contributed by atoms with van der Waals surface area (Å²) in [4.78, 5) is 20.1. The lowest BCUT2D eigenvalue weighted by Crippen LogP contribution is -2.52. The molecule has 1 aliphatic heterocycles. The van der Waals surface area contributed by atoms with E-state index in [1.54, 1.807) is 18.1 Å². The maximum Gasteiger partial charge on any atom is 0.242 e. The molecular weight excluding hydrogens is 236 g/mol. The minimum Gasteiger partial charge on any atom is -0.314 e. The average molecular weight is 254 g/mol. The van der Waals surface area contributed by atoms with Crippen LogP contribution in [0.4, 0.5) is 5.13 Å². The highest BCUT2D eigenvalue weighted by Gasteiger charge is 2.22. The predicted octanol–water partition coefficient (Wildman–Crippen LogP) is 0.400. The van der Waals surface area contributed by atoms with E-state index < -0.39 is 0 Å². The van der Waals surface area contributed by atoms with Gasteiger partial charge in [-0.1, -0.05) is 0 Å². The number of carbonyl (C=O) groups excluding carboxylic acids is 1. The van der Waals surface area contributed by atoms with Gasteiger partial charge in [0.2, 0.25) is 5.91 Å². The number of aromatic nitrogens is 1. The van der Waals surface area contributed by atoms with Gasteiger partial charge in [-0.3, -0.25) is 14.6 Å². The topological polar surface area (TPSA) is 48.5 Å². The lowest BCUT2D eigenvalue weighted by Gasteiger charge is -2.33. The fourth-order valence-electron chi connectivity index (χ4n) is 1.89. The number of nitrogens with zero attached hydrogens (tertiary/aromatic N) is 3. The van der Waals surface area contributed by atoms with Crippen molar-refractivity contribution in [2.45, 2.75) is 13.0 Å². The third-order valence-electron chi connectivity index (χ3n) is 3.06. The van der Waals surface area contributed by atoms with Gasteiger partial charge in [0.05, 0.1) is 6.54 Å². The Morgan fingerprint density at radius 1 is 1.76 bits per heavy atom. The van der Waals surface area contributed by atoms with Gasteiger partial charge in [-0.2, -0.15) is 0 Å². The molecule has 17 heavy (non-hydrogen) atoms. The molecule has 0 radical (unpaired) electrons. The Bertz CT molecular complexity index is 368. The van der Waals surface area contributed by atoms with E-state index in [-0.39, 0.29) is 5.91 Å². The Kier molecular flexibility index (Phi) is 4.09. The number of thiazole rings is 1. The Hall–Kier alpha value is -0.980. The van der Waals surface area contributed by atoms with Crippen molar-refractivity contribution < 1.29 is 4.79 Å². The van der Waals surface area contributed by atoms with Crippen LogP contribution in [0, 0.1) is 0 Å². The first kappa shape index (κ1) is 12.5. The van der Waals surface area contributed by atoms with Gasteiger partial charge >= 0.3 is 0 Å². The second kappa shape index (κ2) is 5.57. The maximum atomic E-state index is 12.1. The maximum absolute atomic E-state index is 12.1. The van der Waals surface area contributed by atoms with Crippen LogP contribution in [-0.2, 0) is 4.79 Å². The van der Waals surface area contributed by atoms with E-state index in [1.165, 1.54) is 11.3 Å². The van der Waals surface area contributed by atoms with Crippen LogP contribution >= 0.6 is 11.3 Å². The van der Waals surface area contributed by atoms with Crippen molar-refractivity contribution >= 4 is 22.4 Å². The van der Waals surface area contributed by atoms with Crippen LogP contribution < -0.4 is 10.2 Å². The molecule has 5 nitrogen and oxygen atoms in total. The summed E-state index contributed by atoms with van der Waals surface area (Å²) in [5, 5.41) is 5.96. The normalized spacial score (nSPS) is 21.4. The van der Waals surface area contributed by atoms with Crippen LogP contribution in [0.1, 0.15) is 6.92 Å². The van der Waals surface area contributed by atoms with Crippen molar-refractivity contribution in [2.75, 3.05) is 38.1 Å². The smallest absolute Gasteiger partial charge is 0.242 e. The van der Waals surface area contributed by atoms with E-state index in [4.69, 9.17) is 0 Å². The zero-order valence-corrected chi connectivity index (χ0v) is 11.0. The Morgan fingerprint density at radius 3 is 3.24 bits per heavy atom. The number of carbonyl (C=O) groups is 1. The van der Waals surface area contributed by atoms with Crippen molar-refractivity contribution in [1.29, 1.82) is 0 Å². The van der Waals surface area contributed by atoms with Gasteiger partial charge in [-0.05, 0) is 6.92 Å². The Balaban J connectivity index is 1.92. The minimum atomic E-state index is 0.105. The lowest BCUT2D eigenvalue weighted by molar-refractivity contribution is -0.120. The molecule has 0 unspecified atom stereocenters. The molecule has 1 N–H and O–H groups in total. The third kappa shape index (κ3) is 3.02. The predicted molar refractivity (Wildman–Crippen MR) is 69.4 cm³/mol. The van der Waals surface area contributed by atoms with E-state index in [1.807, 2.05) is 5.38 Å². The van der Waals surface area contributed by atoms with Gasteiger partial charge in [0.1, 0.15) is 0 Å². The number of rotatable bonds is 3. The molecule has 1 aromatic rings. The molecule has 1 aliphatic rings. The zero-order valence-electron chi connectivity index (χ0n) is 10.2. The highest BCUT2D eigenvalue weighted by molar-refractivity contribution is 7.13. The molecule has 1 amide bonds. The summed E-state index contributed by atoms with van der Waals surface area (Å²) in [5.41, 5.74) is 0. The zero-order chi connectivity index (χ0) is 12.3. The van der Waals surface area contributed by atoms with Crippen molar-refractivity contribution in [3.8, 4) is 0 Å². The number of likely N-dealkylation sites (N-methyl/N-ethyl adjacent to an activating group) is 1. The fourth-order valence-corrected chi connectivity index (χ4v) is 2.51. The lowest BCUT2D eigenvalue weighted by atomic mass is 10.2. The van der Waals surface area contributed by atoms with Gasteiger partial charge in [0.25, 0.3) is 0 Å². The highest BCUT2D eigenvalue weighted by Crippen LogP contribution is 2.16. The monoisotopic (exact) mass is 254 g/mol. The van der Waals surface area contributed by atoms with Crippen LogP contribution in [-0.4, -0.2) is 55.1 Å². The first-order valence-corrected chi connectivity index (χ1v) is 6.67. The Labute approximate surface area is 105 Å². The molecule has 94 valence electrons. The molecule has 0 aromatic carbocycles. The van der Waals surface area contributed by atoms with Crippen LogP contribution in [0.15, 0.2) is 11.6 Å². The van der Waals surface area contributed by atoms with Crippen LogP contribution in [0.3, 0.4) is 0 Å². The molecule has 1 aromatic heterocycles. The summed E-state index contributed by atoms with van der Waals surface area (Å²) in [6.07, 6.45) is 1.72. The van der Waals surface area contributed by atoms with E-state index in [2.05, 4.69) is 22.1 Å². The first-order chi connectivity index (χ1) is 8.18. The van der Waals surface area contributed by atoms with Crippen LogP contribution in [0.2, 0.25) is 0 Å². The highest BCUT2D eigenvalue weighted by atomic mass is 32.1. The fraction of sp³-hybridized carbons (Fsp3) is 0.636. The molecule has 2 heterocycles. The van der Waals surface area contributed by atoms with Crippen molar-refractivity contribution in [1.82, 2.24) is 15.2 Å². The number of piperazine rings is 1. The van der Waals surface area contributed by atoms with Gasteiger partial charge in [-0.15, -0.1) is 11.3 Å². The van der Waals surface area contributed by atoms with E-state index in [0.29, 0.717) is 12.6 Å². The number of anilines is 1. The second-order valence-electron chi connectivity index (χ2n) is 4.29. The summed E-state index contributed by atoms with van der Waals surface area (Å²) in [6.45, 7) is 5.45. The molecule has 1 atom stereocenters. The molecule has 0 saturated carbocycles. The van der Waals surface area contributed by atoms with Gasteiger partial charge in [0.15, 0.2) is 5.13 Å². The molecule has 0 aliphatic carbocycles. The van der Waals surface area contributed by atoms with Gasteiger partial charge in [0, 0.05) is 44.3 Å². The first-order valence-electron chi connectivity index (χ1n) is 5.79. The summed E-state index contributed by atoms with van der Waals surface area (Å²) < 4.78 is 0. The number of amides is 1. The van der Waals surface area contributed by atoms with Gasteiger partial charge < -0.3 is 5.32 Å². The summed E-state index contributed by atoms with van der Waals surface area (Å²) in [6, 6.07) is 0.414. The minimum absolute atomic E-state index is 0.105. The number of hydrogen-bond acceptors (Lipinski definition) is 5. The number of nitrogens with one attached hydrogen (secondary N) is 1. The SMILES string of the molecule is C[C@H]1CNCCN1CC(=O)N(C)c1nccs1. The van der Waals surface area contributed by atoms with Crippen molar-refractivity contribution in [2.24, 2.45) is 0 Å². The quantitative estimate of drug-likeness (QED) is 0.848. The van der Waals surface area contributed by atoms with Crippen molar-refractivity contribution in [3.63, 3.8) is 0 Å². The summed E-state index contributed by atoms with van der Waals surface area (Å²) in [5.74, 6) is 0.105. The van der Waals surface area contributed by atoms with Gasteiger partial charge in [-0.25, -0.2) is 4.98 Å². The summed E-state index contributed by atoms with van der Waals surface area (Å²) in [7, 11) is 1.79. The van der Waals surface area contributed by atoms with E-state index in [0.717, 1.165) is 24.8 Å². The van der Waals surface area contributed by atoms with Crippen LogP contribution in [0.25, 0.3) is 0 Å². The van der Waals surface area contributed by atoms with E-state index in [9.17, 15) is 4.79 Å².